The summed E-state index contributed by atoms with van der Waals surface area (Å²) in [6, 6.07) is 6.92. The van der Waals surface area contributed by atoms with E-state index < -0.39 is 0 Å². The monoisotopic (exact) mass is 334 g/mol. The van der Waals surface area contributed by atoms with Gasteiger partial charge in [0.1, 0.15) is 0 Å². The summed E-state index contributed by atoms with van der Waals surface area (Å²) in [5.41, 5.74) is 0.830. The standard InChI is InChI=1S/C18H30N4O2/c1-5-21(3)13-11-19-17(23)15-9-7-8-10-16(15)18(24)20-12-14-22(4)6-2/h7-10H,5-6,11-14H2,1-4H3,(H,19,23)(H,20,24). The summed E-state index contributed by atoms with van der Waals surface area (Å²) in [6.07, 6.45) is 0. The van der Waals surface area contributed by atoms with Gasteiger partial charge in [0.05, 0.1) is 11.1 Å². The van der Waals surface area contributed by atoms with Crippen molar-refractivity contribution in [2.75, 3.05) is 53.4 Å². The predicted octanol–water partition coefficient (Wildman–Crippen LogP) is 1.05. The Kier molecular flexibility index (Phi) is 9.04. The summed E-state index contributed by atoms with van der Waals surface area (Å²) < 4.78 is 0. The van der Waals surface area contributed by atoms with Gasteiger partial charge in [-0.3, -0.25) is 9.59 Å². The highest BCUT2D eigenvalue weighted by molar-refractivity contribution is 6.07. The van der Waals surface area contributed by atoms with Gasteiger partial charge >= 0.3 is 0 Å². The number of hydrogen-bond acceptors (Lipinski definition) is 4. The lowest BCUT2D eigenvalue weighted by atomic mass is 10.1. The fourth-order valence-electron chi connectivity index (χ4n) is 2.11. The Balaban J connectivity index is 2.63. The highest BCUT2D eigenvalue weighted by Crippen LogP contribution is 2.08. The molecule has 6 heteroatoms. The molecule has 0 radical (unpaired) electrons. The first kappa shape index (κ1) is 20.1. The van der Waals surface area contributed by atoms with Crippen molar-refractivity contribution in [1.82, 2.24) is 20.4 Å². The van der Waals surface area contributed by atoms with Crippen molar-refractivity contribution in [3.05, 3.63) is 35.4 Å². The van der Waals surface area contributed by atoms with Gasteiger partial charge in [0, 0.05) is 26.2 Å². The molecule has 2 amide bonds. The fourth-order valence-corrected chi connectivity index (χ4v) is 2.11. The Hall–Kier alpha value is -1.92. The number of nitrogens with zero attached hydrogens (tertiary/aromatic N) is 2. The number of carbonyl (C=O) groups excluding carboxylic acids is 2. The van der Waals surface area contributed by atoms with E-state index in [1.807, 2.05) is 14.1 Å². The number of carbonyl (C=O) groups is 2. The van der Waals surface area contributed by atoms with Crippen molar-refractivity contribution in [3.8, 4) is 0 Å². The molecular weight excluding hydrogens is 304 g/mol. The molecule has 24 heavy (non-hydrogen) atoms. The van der Waals surface area contributed by atoms with E-state index in [1.54, 1.807) is 24.3 Å². The molecule has 0 saturated heterocycles. The minimum Gasteiger partial charge on any atom is -0.351 e. The van der Waals surface area contributed by atoms with E-state index >= 15 is 0 Å². The van der Waals surface area contributed by atoms with Gasteiger partial charge in [0.15, 0.2) is 0 Å². The Bertz CT molecular complexity index is 487. The molecule has 0 spiro atoms. The number of amides is 2. The molecule has 0 bridgehead atoms. The third-order valence-corrected chi connectivity index (χ3v) is 4.05. The van der Waals surface area contributed by atoms with Gasteiger partial charge < -0.3 is 20.4 Å². The molecule has 134 valence electrons. The van der Waals surface area contributed by atoms with Crippen LogP contribution in [0.2, 0.25) is 0 Å². The summed E-state index contributed by atoms with van der Waals surface area (Å²) in [6.45, 7) is 8.66. The van der Waals surface area contributed by atoms with E-state index in [1.165, 1.54) is 0 Å². The van der Waals surface area contributed by atoms with Crippen LogP contribution in [0.25, 0.3) is 0 Å². The zero-order valence-electron chi connectivity index (χ0n) is 15.3. The van der Waals surface area contributed by atoms with Gasteiger partial charge in [-0.05, 0) is 39.3 Å². The molecule has 0 atom stereocenters. The average Bonchev–Trinajstić information content (AvgIpc) is 2.60. The maximum atomic E-state index is 12.4. The van der Waals surface area contributed by atoms with Gasteiger partial charge in [-0.25, -0.2) is 0 Å². The molecule has 0 aliphatic carbocycles. The summed E-state index contributed by atoms with van der Waals surface area (Å²) >= 11 is 0. The molecule has 0 aromatic heterocycles. The molecule has 0 aliphatic rings. The first-order valence-corrected chi connectivity index (χ1v) is 8.52. The second kappa shape index (κ2) is 10.8. The van der Waals surface area contributed by atoms with Crippen molar-refractivity contribution in [1.29, 1.82) is 0 Å². The zero-order chi connectivity index (χ0) is 17.9. The molecule has 0 fully saturated rings. The van der Waals surface area contributed by atoms with E-state index in [-0.39, 0.29) is 11.8 Å². The Morgan fingerprint density at radius 3 is 1.54 bits per heavy atom. The minimum absolute atomic E-state index is 0.212. The normalized spacial score (nSPS) is 10.9. The fraction of sp³-hybridized carbons (Fsp3) is 0.556. The van der Waals surface area contributed by atoms with Crippen molar-refractivity contribution >= 4 is 11.8 Å². The summed E-state index contributed by atoms with van der Waals surface area (Å²) in [5.74, 6) is -0.424. The zero-order valence-corrected chi connectivity index (χ0v) is 15.3. The van der Waals surface area contributed by atoms with Gasteiger partial charge in [0.2, 0.25) is 0 Å². The van der Waals surface area contributed by atoms with Gasteiger partial charge in [-0.1, -0.05) is 26.0 Å². The van der Waals surface area contributed by atoms with Crippen LogP contribution in [0.15, 0.2) is 24.3 Å². The molecule has 1 aromatic carbocycles. The summed E-state index contributed by atoms with van der Waals surface area (Å²) in [4.78, 5) is 28.9. The Morgan fingerprint density at radius 1 is 0.833 bits per heavy atom. The van der Waals surface area contributed by atoms with Crippen LogP contribution >= 0.6 is 0 Å². The van der Waals surface area contributed by atoms with Crippen LogP contribution in [0.4, 0.5) is 0 Å². The second-order valence-electron chi connectivity index (χ2n) is 5.85. The number of rotatable bonds is 10. The van der Waals surface area contributed by atoms with Crippen LogP contribution in [0.5, 0.6) is 0 Å². The summed E-state index contributed by atoms with van der Waals surface area (Å²) in [5, 5.41) is 5.75. The lowest BCUT2D eigenvalue weighted by Crippen LogP contribution is -2.36. The third kappa shape index (κ3) is 6.68. The average molecular weight is 334 g/mol. The highest BCUT2D eigenvalue weighted by atomic mass is 16.2. The first-order valence-electron chi connectivity index (χ1n) is 8.52. The molecule has 1 aromatic rings. The van der Waals surface area contributed by atoms with Gasteiger partial charge in [0.25, 0.3) is 11.8 Å². The molecule has 0 heterocycles. The molecule has 6 nitrogen and oxygen atoms in total. The van der Waals surface area contributed by atoms with Crippen LogP contribution in [0.1, 0.15) is 34.6 Å². The van der Waals surface area contributed by atoms with Crippen LogP contribution < -0.4 is 10.6 Å². The van der Waals surface area contributed by atoms with E-state index in [9.17, 15) is 9.59 Å². The quantitative estimate of drug-likeness (QED) is 0.671. The molecule has 0 unspecified atom stereocenters. The lowest BCUT2D eigenvalue weighted by molar-refractivity contribution is 0.0916. The van der Waals surface area contributed by atoms with Crippen LogP contribution in [-0.2, 0) is 0 Å². The van der Waals surface area contributed by atoms with Crippen molar-refractivity contribution in [3.63, 3.8) is 0 Å². The molecule has 2 N–H and O–H groups in total. The van der Waals surface area contributed by atoms with Crippen molar-refractivity contribution in [2.45, 2.75) is 13.8 Å². The van der Waals surface area contributed by atoms with Crippen LogP contribution in [0.3, 0.4) is 0 Å². The van der Waals surface area contributed by atoms with Crippen molar-refractivity contribution in [2.24, 2.45) is 0 Å². The van der Waals surface area contributed by atoms with E-state index in [4.69, 9.17) is 0 Å². The Morgan fingerprint density at radius 2 is 1.21 bits per heavy atom. The van der Waals surface area contributed by atoms with Crippen LogP contribution in [-0.4, -0.2) is 75.0 Å². The van der Waals surface area contributed by atoms with Crippen LogP contribution in [0, 0.1) is 0 Å². The van der Waals surface area contributed by atoms with Crippen molar-refractivity contribution < 1.29 is 9.59 Å². The van der Waals surface area contributed by atoms with Gasteiger partial charge in [-0.2, -0.15) is 0 Å². The number of likely N-dealkylation sites (N-methyl/N-ethyl adjacent to an activating group) is 2. The SMILES string of the molecule is CCN(C)CCNC(=O)c1ccccc1C(=O)NCCN(C)CC. The molecule has 0 saturated carbocycles. The smallest absolute Gasteiger partial charge is 0.252 e. The van der Waals surface area contributed by atoms with E-state index in [2.05, 4.69) is 34.3 Å². The number of hydrogen-bond donors (Lipinski definition) is 2. The number of nitrogens with one attached hydrogen (secondary N) is 2. The molecule has 0 aliphatic heterocycles. The van der Waals surface area contributed by atoms with E-state index in [0.29, 0.717) is 24.2 Å². The second-order valence-corrected chi connectivity index (χ2v) is 5.85. The van der Waals surface area contributed by atoms with Gasteiger partial charge in [-0.15, -0.1) is 0 Å². The Labute approximate surface area is 145 Å². The largest absolute Gasteiger partial charge is 0.351 e. The first-order chi connectivity index (χ1) is 11.5. The third-order valence-electron chi connectivity index (χ3n) is 4.05. The highest BCUT2D eigenvalue weighted by Gasteiger charge is 2.16. The maximum Gasteiger partial charge on any atom is 0.252 e. The summed E-state index contributed by atoms with van der Waals surface area (Å²) in [7, 11) is 4.00. The molecular formula is C18H30N4O2. The maximum absolute atomic E-state index is 12.4. The minimum atomic E-state index is -0.212. The molecule has 1 rings (SSSR count). The number of benzene rings is 1. The van der Waals surface area contributed by atoms with E-state index in [0.717, 1.165) is 26.2 Å². The topological polar surface area (TPSA) is 64.7 Å². The lowest BCUT2D eigenvalue weighted by Gasteiger charge is -2.16. The predicted molar refractivity (Wildman–Crippen MR) is 97.5 cm³/mol.